The molecule has 0 fully saturated rings. The molecule has 0 spiro atoms. The van der Waals surface area contributed by atoms with E-state index in [9.17, 15) is 65.9 Å². The van der Waals surface area contributed by atoms with Crippen molar-refractivity contribution in [3.63, 3.8) is 0 Å². The summed E-state index contributed by atoms with van der Waals surface area (Å²) in [6.45, 7) is 0. The van der Waals surface area contributed by atoms with E-state index in [1.807, 2.05) is 0 Å². The molecule has 0 heterocycles. The topological polar surface area (TPSA) is 42.3 Å². The number of rotatable bonds is 7. The molecule has 156 valence electrons. The van der Waals surface area contributed by atoms with E-state index >= 15 is 0 Å². The second-order valence-corrected chi connectivity index (χ2v) is 4.08. The van der Waals surface area contributed by atoms with E-state index in [0.29, 0.717) is 0 Å². The van der Waals surface area contributed by atoms with Gasteiger partial charge in [0.05, 0.1) is 0 Å². The highest BCUT2D eigenvalue weighted by Gasteiger charge is 2.83. The van der Waals surface area contributed by atoms with Crippen LogP contribution in [0.4, 0.5) is 65.9 Å². The molecule has 26 heavy (non-hydrogen) atoms. The minimum absolute atomic E-state index is 1.40. The maximum Gasteiger partial charge on any atom is 0.462 e. The highest BCUT2D eigenvalue weighted by atomic mass is 19.4. The van der Waals surface area contributed by atoms with Gasteiger partial charge in [-0.25, -0.2) is 4.39 Å². The van der Waals surface area contributed by atoms with E-state index in [0.717, 1.165) is 0 Å². The average Bonchev–Trinajstić information content (AvgIpc) is 2.34. The zero-order valence-electron chi connectivity index (χ0n) is 11.1. The van der Waals surface area contributed by atoms with E-state index in [1.54, 1.807) is 0 Å². The van der Waals surface area contributed by atoms with Gasteiger partial charge in [0.1, 0.15) is 0 Å². The number of hydrogen-bond acceptors (Lipinski definition) is 3. The van der Waals surface area contributed by atoms with Gasteiger partial charge in [-0.2, -0.15) is 61.5 Å². The molecule has 1 N–H and O–H groups in total. The summed E-state index contributed by atoms with van der Waals surface area (Å²) < 4.78 is 189. The smallest absolute Gasteiger partial charge is 0.273 e. The van der Waals surface area contributed by atoms with Crippen LogP contribution < -0.4 is 0 Å². The van der Waals surface area contributed by atoms with Crippen molar-refractivity contribution in [1.29, 1.82) is 5.41 Å². The molecule has 0 aliphatic heterocycles. The largest absolute Gasteiger partial charge is 0.462 e. The molecular weight excluding hydrogens is 427 g/mol. The first-order valence-corrected chi connectivity index (χ1v) is 5.25. The predicted octanol–water partition coefficient (Wildman–Crippen LogP) is 4.87. The van der Waals surface area contributed by atoms with Gasteiger partial charge in [-0.1, -0.05) is 0 Å². The van der Waals surface area contributed by atoms with Crippen LogP contribution in [0.15, 0.2) is 0 Å². The van der Waals surface area contributed by atoms with Crippen molar-refractivity contribution >= 4 is 5.97 Å². The summed E-state index contributed by atoms with van der Waals surface area (Å²) in [4.78, 5) is 0. The maximum atomic E-state index is 13.4. The third kappa shape index (κ3) is 4.26. The molecule has 0 bridgehead atoms. The van der Waals surface area contributed by atoms with Gasteiger partial charge in [0.15, 0.2) is 0 Å². The number of alkyl halides is 14. The van der Waals surface area contributed by atoms with Crippen LogP contribution in [0.25, 0.3) is 0 Å². The Labute approximate surface area is 131 Å². The van der Waals surface area contributed by atoms with Gasteiger partial charge >= 0.3 is 36.3 Å². The monoisotopic (exact) mass is 429 g/mol. The fraction of sp³-hybridized carbons (Fsp3) is 0.875. The standard InChI is InChI=1S/C8H2F15NO2/c9-1(24)2(10)25-8(22,23)4(13,6(17,18)19)26-7(20,21)3(11,12)5(14,15)16/h2,24H. The van der Waals surface area contributed by atoms with Crippen molar-refractivity contribution in [2.24, 2.45) is 0 Å². The molecule has 0 saturated heterocycles. The molecule has 0 aromatic rings. The number of nitrogens with one attached hydrogen (secondary N) is 1. The Morgan fingerprint density at radius 2 is 1.08 bits per heavy atom. The molecule has 0 amide bonds. The molecule has 18 heteroatoms. The lowest BCUT2D eigenvalue weighted by Crippen LogP contribution is -2.65. The van der Waals surface area contributed by atoms with Crippen molar-refractivity contribution in [3.05, 3.63) is 0 Å². The van der Waals surface area contributed by atoms with E-state index in [4.69, 9.17) is 5.41 Å². The summed E-state index contributed by atoms with van der Waals surface area (Å²) in [5.41, 5.74) is 0. The van der Waals surface area contributed by atoms with Gasteiger partial charge in [-0.05, 0) is 0 Å². The Morgan fingerprint density at radius 3 is 1.35 bits per heavy atom. The summed E-state index contributed by atoms with van der Waals surface area (Å²) in [6, 6.07) is 0. The fourth-order valence-electron chi connectivity index (χ4n) is 0.945. The molecule has 0 aliphatic carbocycles. The molecule has 0 saturated carbocycles. The number of ether oxygens (including phenoxy) is 2. The molecule has 2 atom stereocenters. The van der Waals surface area contributed by atoms with Gasteiger partial charge in [0, 0.05) is 0 Å². The first-order chi connectivity index (χ1) is 11.0. The van der Waals surface area contributed by atoms with Crippen LogP contribution in [0.2, 0.25) is 0 Å². The van der Waals surface area contributed by atoms with Gasteiger partial charge in [-0.3, -0.25) is 14.9 Å². The molecule has 2 unspecified atom stereocenters. The SMILES string of the molecule is N=C(F)C(F)OC(F)(F)C(F)(OC(F)(F)C(F)(F)C(F)(F)F)C(F)(F)F. The predicted molar refractivity (Wildman–Crippen MR) is 46.7 cm³/mol. The second-order valence-electron chi connectivity index (χ2n) is 4.08. The van der Waals surface area contributed by atoms with Crippen molar-refractivity contribution in [1.82, 2.24) is 0 Å². The molecular formula is C8H2F15NO2. The normalized spacial score (nSPS) is 18.4. The van der Waals surface area contributed by atoms with Crippen LogP contribution in [0.1, 0.15) is 0 Å². The lowest BCUT2D eigenvalue weighted by atomic mass is 10.2. The average molecular weight is 429 g/mol. The Hall–Kier alpha value is -1.46. The number of hydrogen-bond donors (Lipinski definition) is 1. The number of halogens is 15. The van der Waals surface area contributed by atoms with E-state index < -0.39 is 48.7 Å². The molecule has 0 aromatic heterocycles. The van der Waals surface area contributed by atoms with Crippen LogP contribution in [0.3, 0.4) is 0 Å². The van der Waals surface area contributed by atoms with Crippen LogP contribution in [-0.2, 0) is 9.47 Å². The highest BCUT2D eigenvalue weighted by molar-refractivity contribution is 5.74. The summed E-state index contributed by atoms with van der Waals surface area (Å²) in [7, 11) is 0. The van der Waals surface area contributed by atoms with E-state index in [2.05, 4.69) is 4.74 Å². The van der Waals surface area contributed by atoms with Gasteiger partial charge in [0.2, 0.25) is 5.97 Å². The van der Waals surface area contributed by atoms with Crippen molar-refractivity contribution < 1.29 is 75.3 Å². The maximum absolute atomic E-state index is 13.4. The molecule has 0 aromatic carbocycles. The zero-order valence-corrected chi connectivity index (χ0v) is 11.1. The van der Waals surface area contributed by atoms with Crippen LogP contribution in [0, 0.1) is 5.41 Å². The van der Waals surface area contributed by atoms with Crippen molar-refractivity contribution in [2.75, 3.05) is 0 Å². The lowest BCUT2D eigenvalue weighted by molar-refractivity contribution is -0.536. The molecule has 0 radical (unpaired) electrons. The van der Waals surface area contributed by atoms with Crippen LogP contribution in [0.5, 0.6) is 0 Å². The Kier molecular flexibility index (Phi) is 6.24. The third-order valence-electron chi connectivity index (χ3n) is 2.18. The van der Waals surface area contributed by atoms with Gasteiger partial charge < -0.3 is 0 Å². The van der Waals surface area contributed by atoms with Crippen LogP contribution >= 0.6 is 0 Å². The lowest BCUT2D eigenvalue weighted by Gasteiger charge is -2.38. The quantitative estimate of drug-likeness (QED) is 0.464. The second kappa shape index (κ2) is 6.61. The first kappa shape index (κ1) is 24.5. The fourth-order valence-corrected chi connectivity index (χ4v) is 0.945. The van der Waals surface area contributed by atoms with Crippen molar-refractivity contribution in [2.45, 2.75) is 42.7 Å². The Balaban J connectivity index is 6.18. The zero-order chi connectivity index (χ0) is 21.6. The minimum atomic E-state index is -7.64. The molecule has 3 nitrogen and oxygen atoms in total. The first-order valence-electron chi connectivity index (χ1n) is 5.25. The van der Waals surface area contributed by atoms with Crippen LogP contribution in [-0.4, -0.2) is 48.7 Å². The van der Waals surface area contributed by atoms with E-state index in [-0.39, 0.29) is 0 Å². The molecule has 0 aliphatic rings. The van der Waals surface area contributed by atoms with Crippen molar-refractivity contribution in [3.8, 4) is 0 Å². The molecule has 0 rings (SSSR count). The van der Waals surface area contributed by atoms with E-state index in [1.165, 1.54) is 4.74 Å². The highest BCUT2D eigenvalue weighted by Crippen LogP contribution is 2.55. The minimum Gasteiger partial charge on any atom is -0.273 e. The van der Waals surface area contributed by atoms with Gasteiger partial charge in [-0.15, -0.1) is 0 Å². The Bertz CT molecular complexity index is 525. The summed E-state index contributed by atoms with van der Waals surface area (Å²) in [5.74, 6) is -18.3. The van der Waals surface area contributed by atoms with Gasteiger partial charge in [0.25, 0.3) is 6.36 Å². The Morgan fingerprint density at radius 1 is 0.692 bits per heavy atom. The third-order valence-corrected chi connectivity index (χ3v) is 2.18. The summed E-state index contributed by atoms with van der Waals surface area (Å²) in [6.07, 6.45) is -34.3. The summed E-state index contributed by atoms with van der Waals surface area (Å²) >= 11 is 0. The summed E-state index contributed by atoms with van der Waals surface area (Å²) in [5, 5.41) is 5.74.